The van der Waals surface area contributed by atoms with Gasteiger partial charge in [-0.1, -0.05) is 15.9 Å². The molecular weight excluding hydrogens is 196 g/mol. The summed E-state index contributed by atoms with van der Waals surface area (Å²) >= 11 is 3.24. The van der Waals surface area contributed by atoms with Crippen LogP contribution in [0.2, 0.25) is 0 Å². The molecule has 0 radical (unpaired) electrons. The Morgan fingerprint density at radius 3 is 2.90 bits per heavy atom. The van der Waals surface area contributed by atoms with Gasteiger partial charge in [-0.2, -0.15) is 0 Å². The van der Waals surface area contributed by atoms with Crippen LogP contribution in [-0.2, 0) is 9.53 Å². The summed E-state index contributed by atoms with van der Waals surface area (Å²) in [7, 11) is 0. The number of rotatable bonds is 2. The number of Topliss-reactive ketones (excluding diaryl/α,β-unsaturated/α-hetero) is 1. The smallest absolute Gasteiger partial charge is 0.151 e. The third-order valence-electron chi connectivity index (χ3n) is 1.72. The van der Waals surface area contributed by atoms with Crippen molar-refractivity contribution in [1.29, 1.82) is 0 Å². The first-order valence-corrected chi connectivity index (χ1v) is 4.39. The van der Waals surface area contributed by atoms with Crippen molar-refractivity contribution in [3.63, 3.8) is 0 Å². The fourth-order valence-electron chi connectivity index (χ4n) is 1.08. The molecule has 0 aromatic heterocycles. The summed E-state index contributed by atoms with van der Waals surface area (Å²) in [6, 6.07) is 0. The molecular formula is C7H11BrO2. The third kappa shape index (κ3) is 1.80. The lowest BCUT2D eigenvalue weighted by Crippen LogP contribution is -2.21. The maximum atomic E-state index is 11.2. The van der Waals surface area contributed by atoms with Crippen LogP contribution in [0.15, 0.2) is 0 Å². The number of carbonyl (C=O) groups excluding carboxylic acids is 1. The van der Waals surface area contributed by atoms with Crippen molar-refractivity contribution in [3.05, 3.63) is 0 Å². The van der Waals surface area contributed by atoms with Gasteiger partial charge < -0.3 is 4.74 Å². The van der Waals surface area contributed by atoms with Gasteiger partial charge in [-0.25, -0.2) is 0 Å². The minimum atomic E-state index is -0.0146. The van der Waals surface area contributed by atoms with E-state index in [1.165, 1.54) is 0 Å². The molecule has 10 heavy (non-hydrogen) atoms. The molecule has 0 saturated carbocycles. The second-order valence-corrected chi connectivity index (χ2v) is 3.95. The lowest BCUT2D eigenvalue weighted by molar-refractivity contribution is -0.121. The van der Waals surface area contributed by atoms with E-state index in [4.69, 9.17) is 4.74 Å². The monoisotopic (exact) mass is 206 g/mol. The van der Waals surface area contributed by atoms with Crippen LogP contribution in [0.5, 0.6) is 0 Å². The SMILES string of the molecule is C[C@H](Br)C(=O)[C@@H]1CCOC1. The molecule has 0 amide bonds. The van der Waals surface area contributed by atoms with Gasteiger partial charge in [0, 0.05) is 12.5 Å². The van der Waals surface area contributed by atoms with Crippen LogP contribution >= 0.6 is 15.9 Å². The van der Waals surface area contributed by atoms with Crippen LogP contribution in [0.25, 0.3) is 0 Å². The van der Waals surface area contributed by atoms with Gasteiger partial charge in [0.2, 0.25) is 0 Å². The van der Waals surface area contributed by atoms with Gasteiger partial charge in [-0.05, 0) is 13.3 Å². The van der Waals surface area contributed by atoms with Gasteiger partial charge in [-0.3, -0.25) is 4.79 Å². The molecule has 0 spiro atoms. The summed E-state index contributed by atoms with van der Waals surface area (Å²) in [5.74, 6) is 0.423. The quantitative estimate of drug-likeness (QED) is 0.639. The Kier molecular flexibility index (Phi) is 2.86. The molecule has 2 atom stereocenters. The lowest BCUT2D eigenvalue weighted by Gasteiger charge is -2.06. The number of carbonyl (C=O) groups is 1. The fraction of sp³-hybridized carbons (Fsp3) is 0.857. The van der Waals surface area contributed by atoms with E-state index in [0.29, 0.717) is 6.61 Å². The predicted octanol–water partition coefficient (Wildman–Crippen LogP) is 1.38. The Morgan fingerprint density at radius 1 is 1.80 bits per heavy atom. The molecule has 0 aromatic rings. The van der Waals surface area contributed by atoms with Gasteiger partial charge in [0.15, 0.2) is 5.78 Å². The minimum absolute atomic E-state index is 0.0146. The maximum absolute atomic E-state index is 11.2. The molecule has 1 aliphatic heterocycles. The van der Waals surface area contributed by atoms with E-state index >= 15 is 0 Å². The topological polar surface area (TPSA) is 26.3 Å². The largest absolute Gasteiger partial charge is 0.381 e. The number of hydrogen-bond acceptors (Lipinski definition) is 2. The van der Waals surface area contributed by atoms with Crippen LogP contribution in [0.4, 0.5) is 0 Å². The first kappa shape index (κ1) is 8.21. The van der Waals surface area contributed by atoms with E-state index in [9.17, 15) is 4.79 Å². The second-order valence-electron chi connectivity index (χ2n) is 2.58. The number of alkyl halides is 1. The highest BCUT2D eigenvalue weighted by Gasteiger charge is 2.25. The van der Waals surface area contributed by atoms with Crippen molar-refractivity contribution < 1.29 is 9.53 Å². The van der Waals surface area contributed by atoms with Crippen molar-refractivity contribution in [2.45, 2.75) is 18.2 Å². The Labute approximate surface area is 69.1 Å². The lowest BCUT2D eigenvalue weighted by atomic mass is 10.0. The molecule has 1 rings (SSSR count). The van der Waals surface area contributed by atoms with Crippen molar-refractivity contribution >= 4 is 21.7 Å². The number of ketones is 1. The van der Waals surface area contributed by atoms with Crippen molar-refractivity contribution in [3.8, 4) is 0 Å². The summed E-state index contributed by atoms with van der Waals surface area (Å²) < 4.78 is 5.09. The Bertz CT molecular complexity index is 128. The zero-order valence-electron chi connectivity index (χ0n) is 5.97. The molecule has 1 fully saturated rings. The van der Waals surface area contributed by atoms with E-state index < -0.39 is 0 Å². The van der Waals surface area contributed by atoms with Gasteiger partial charge in [0.05, 0.1) is 11.4 Å². The average molecular weight is 207 g/mol. The Hall–Kier alpha value is 0.110. The molecule has 1 saturated heterocycles. The third-order valence-corrected chi connectivity index (χ3v) is 2.18. The van der Waals surface area contributed by atoms with Gasteiger partial charge in [0.25, 0.3) is 0 Å². The van der Waals surface area contributed by atoms with E-state index in [1.807, 2.05) is 6.92 Å². The summed E-state index contributed by atoms with van der Waals surface area (Å²) in [6.07, 6.45) is 0.898. The Morgan fingerprint density at radius 2 is 2.50 bits per heavy atom. The summed E-state index contributed by atoms with van der Waals surface area (Å²) in [5.41, 5.74) is 0. The normalized spacial score (nSPS) is 28.4. The fourth-order valence-corrected chi connectivity index (χ4v) is 1.46. The number of halogens is 1. The average Bonchev–Trinajstić information content (AvgIpc) is 2.36. The van der Waals surface area contributed by atoms with Crippen molar-refractivity contribution in [2.24, 2.45) is 5.92 Å². The summed E-state index contributed by atoms with van der Waals surface area (Å²) in [5, 5.41) is 0. The van der Waals surface area contributed by atoms with Crippen LogP contribution in [0, 0.1) is 5.92 Å². The number of ether oxygens (including phenoxy) is 1. The van der Waals surface area contributed by atoms with Crippen LogP contribution in [-0.4, -0.2) is 23.8 Å². The molecule has 58 valence electrons. The molecule has 0 aromatic carbocycles. The standard InChI is InChI=1S/C7H11BrO2/c1-5(8)7(9)6-2-3-10-4-6/h5-6H,2-4H2,1H3/t5-,6+/m0/s1. The van der Waals surface area contributed by atoms with Crippen LogP contribution in [0.1, 0.15) is 13.3 Å². The number of hydrogen-bond donors (Lipinski definition) is 0. The highest BCUT2D eigenvalue weighted by molar-refractivity contribution is 9.10. The first-order chi connectivity index (χ1) is 4.72. The first-order valence-electron chi connectivity index (χ1n) is 3.47. The molecule has 1 heterocycles. The van der Waals surface area contributed by atoms with Crippen LogP contribution in [0.3, 0.4) is 0 Å². The van der Waals surface area contributed by atoms with Gasteiger partial charge in [-0.15, -0.1) is 0 Å². The van der Waals surface area contributed by atoms with Crippen molar-refractivity contribution in [2.75, 3.05) is 13.2 Å². The molecule has 0 N–H and O–H groups in total. The van der Waals surface area contributed by atoms with E-state index in [1.54, 1.807) is 0 Å². The van der Waals surface area contributed by atoms with Crippen LogP contribution < -0.4 is 0 Å². The maximum Gasteiger partial charge on any atom is 0.151 e. The van der Waals surface area contributed by atoms with Gasteiger partial charge in [0.1, 0.15) is 0 Å². The minimum Gasteiger partial charge on any atom is -0.381 e. The highest BCUT2D eigenvalue weighted by Crippen LogP contribution is 2.17. The summed E-state index contributed by atoms with van der Waals surface area (Å²) in [4.78, 5) is 11.2. The summed E-state index contributed by atoms with van der Waals surface area (Å²) in [6.45, 7) is 3.23. The molecule has 0 unspecified atom stereocenters. The molecule has 3 heteroatoms. The molecule has 2 nitrogen and oxygen atoms in total. The molecule has 0 bridgehead atoms. The van der Waals surface area contributed by atoms with Crippen molar-refractivity contribution in [1.82, 2.24) is 0 Å². The van der Waals surface area contributed by atoms with E-state index in [0.717, 1.165) is 13.0 Å². The highest BCUT2D eigenvalue weighted by atomic mass is 79.9. The van der Waals surface area contributed by atoms with E-state index in [-0.39, 0.29) is 16.5 Å². The molecule has 0 aliphatic carbocycles. The predicted molar refractivity (Wildman–Crippen MR) is 42.3 cm³/mol. The zero-order valence-corrected chi connectivity index (χ0v) is 7.56. The second kappa shape index (κ2) is 3.49. The Balaban J connectivity index is 2.40. The van der Waals surface area contributed by atoms with E-state index in [2.05, 4.69) is 15.9 Å². The zero-order chi connectivity index (χ0) is 7.56. The van der Waals surface area contributed by atoms with Gasteiger partial charge >= 0.3 is 0 Å². The molecule has 1 aliphatic rings.